The van der Waals surface area contributed by atoms with Crippen LogP contribution in [0, 0.1) is 6.92 Å². The van der Waals surface area contributed by atoms with E-state index >= 15 is 0 Å². The van der Waals surface area contributed by atoms with Crippen molar-refractivity contribution < 1.29 is 0 Å². The third kappa shape index (κ3) is 1.83. The normalized spacial score (nSPS) is 12.7. The molecule has 2 rings (SSSR count). The van der Waals surface area contributed by atoms with Gasteiger partial charge in [0.2, 0.25) is 0 Å². The molecular weight excluding hydrogens is 188 g/mol. The Labute approximate surface area is 88.6 Å². The molecule has 0 fully saturated rings. The van der Waals surface area contributed by atoms with Crippen molar-refractivity contribution in [2.75, 3.05) is 5.73 Å². The summed E-state index contributed by atoms with van der Waals surface area (Å²) in [7, 11) is 0. The predicted octanol–water partition coefficient (Wildman–Crippen LogP) is 1.85. The smallest absolute Gasteiger partial charge is 0.0925 e. The molecule has 0 aliphatic carbocycles. The topological polar surface area (TPSA) is 67.6 Å². The first-order chi connectivity index (χ1) is 7.18. The number of nitrogens with two attached hydrogens (primary N) is 1. The van der Waals surface area contributed by atoms with Gasteiger partial charge in [0.15, 0.2) is 0 Å². The summed E-state index contributed by atoms with van der Waals surface area (Å²) < 4.78 is 0. The van der Waals surface area contributed by atoms with Gasteiger partial charge in [0, 0.05) is 17.3 Å². The highest BCUT2D eigenvalue weighted by Gasteiger charge is 2.13. The van der Waals surface area contributed by atoms with E-state index in [4.69, 9.17) is 5.73 Å². The van der Waals surface area contributed by atoms with Gasteiger partial charge in [0.05, 0.1) is 23.9 Å². The Morgan fingerprint density at radius 1 is 1.33 bits per heavy atom. The zero-order valence-corrected chi connectivity index (χ0v) is 8.86. The molecular formula is C11H14N4. The van der Waals surface area contributed by atoms with Gasteiger partial charge in [-0.1, -0.05) is 6.92 Å². The zero-order valence-electron chi connectivity index (χ0n) is 8.86. The zero-order chi connectivity index (χ0) is 10.8. The van der Waals surface area contributed by atoms with Gasteiger partial charge < -0.3 is 10.7 Å². The summed E-state index contributed by atoms with van der Waals surface area (Å²) in [5, 5.41) is 0. The van der Waals surface area contributed by atoms with Crippen LogP contribution in [0.4, 0.5) is 5.69 Å². The lowest BCUT2D eigenvalue weighted by molar-refractivity contribution is 0.832. The second kappa shape index (κ2) is 3.73. The highest BCUT2D eigenvalue weighted by Crippen LogP contribution is 2.22. The molecule has 15 heavy (non-hydrogen) atoms. The SMILES string of the molecule is Cc1nc[nH]c1[C@@H](C)c1ccc(N)cn1. The number of pyridine rings is 1. The molecule has 0 unspecified atom stereocenters. The molecule has 1 atom stereocenters. The number of nitrogens with one attached hydrogen (secondary N) is 1. The average molecular weight is 202 g/mol. The van der Waals surface area contributed by atoms with Crippen molar-refractivity contribution in [1.82, 2.24) is 15.0 Å². The molecule has 0 aliphatic heterocycles. The fourth-order valence-electron chi connectivity index (χ4n) is 1.63. The molecule has 0 bridgehead atoms. The second-order valence-electron chi connectivity index (χ2n) is 3.64. The number of nitrogen functional groups attached to an aromatic ring is 1. The van der Waals surface area contributed by atoms with Crippen LogP contribution in [0.5, 0.6) is 0 Å². The molecule has 0 radical (unpaired) electrons. The van der Waals surface area contributed by atoms with Crippen LogP contribution in [0.2, 0.25) is 0 Å². The van der Waals surface area contributed by atoms with Gasteiger partial charge in [-0.05, 0) is 19.1 Å². The van der Waals surface area contributed by atoms with Crippen molar-refractivity contribution in [3.63, 3.8) is 0 Å². The van der Waals surface area contributed by atoms with Crippen molar-refractivity contribution in [3.8, 4) is 0 Å². The molecule has 2 aromatic heterocycles. The lowest BCUT2D eigenvalue weighted by Gasteiger charge is -2.09. The van der Waals surface area contributed by atoms with Gasteiger partial charge >= 0.3 is 0 Å². The molecule has 2 heterocycles. The fraction of sp³-hybridized carbons (Fsp3) is 0.273. The van der Waals surface area contributed by atoms with Gasteiger partial charge in [-0.2, -0.15) is 0 Å². The van der Waals surface area contributed by atoms with E-state index in [2.05, 4.69) is 21.9 Å². The van der Waals surface area contributed by atoms with Crippen molar-refractivity contribution in [1.29, 1.82) is 0 Å². The summed E-state index contributed by atoms with van der Waals surface area (Å²) in [6, 6.07) is 3.81. The Morgan fingerprint density at radius 3 is 2.67 bits per heavy atom. The summed E-state index contributed by atoms with van der Waals surface area (Å²) in [6.45, 7) is 4.08. The molecule has 0 amide bonds. The number of H-pyrrole nitrogens is 1. The highest BCUT2D eigenvalue weighted by molar-refractivity contribution is 5.36. The first-order valence-electron chi connectivity index (χ1n) is 4.90. The lowest BCUT2D eigenvalue weighted by Crippen LogP contribution is -2.01. The van der Waals surface area contributed by atoms with E-state index in [0.717, 1.165) is 17.1 Å². The minimum absolute atomic E-state index is 0.216. The molecule has 4 nitrogen and oxygen atoms in total. The van der Waals surface area contributed by atoms with Crippen molar-refractivity contribution in [2.24, 2.45) is 0 Å². The monoisotopic (exact) mass is 202 g/mol. The van der Waals surface area contributed by atoms with Gasteiger partial charge in [0.25, 0.3) is 0 Å². The van der Waals surface area contributed by atoms with Gasteiger partial charge in [-0.15, -0.1) is 0 Å². The third-order valence-electron chi connectivity index (χ3n) is 2.55. The van der Waals surface area contributed by atoms with E-state index in [0.29, 0.717) is 5.69 Å². The molecule has 78 valence electrons. The number of nitrogens with zero attached hydrogens (tertiary/aromatic N) is 2. The van der Waals surface area contributed by atoms with E-state index in [1.807, 2.05) is 19.1 Å². The highest BCUT2D eigenvalue weighted by atomic mass is 14.9. The van der Waals surface area contributed by atoms with E-state index < -0.39 is 0 Å². The Morgan fingerprint density at radius 2 is 2.13 bits per heavy atom. The summed E-state index contributed by atoms with van der Waals surface area (Å²) in [4.78, 5) is 11.6. The maximum Gasteiger partial charge on any atom is 0.0925 e. The Hall–Kier alpha value is -1.84. The number of anilines is 1. The molecule has 0 aromatic carbocycles. The van der Waals surface area contributed by atoms with Gasteiger partial charge in [0.1, 0.15) is 0 Å². The molecule has 0 spiro atoms. The predicted molar refractivity (Wildman–Crippen MR) is 59.5 cm³/mol. The van der Waals surface area contributed by atoms with Crippen molar-refractivity contribution >= 4 is 5.69 Å². The Bertz CT molecular complexity index is 444. The molecule has 0 saturated heterocycles. The first kappa shape index (κ1) is 9.71. The minimum Gasteiger partial charge on any atom is -0.397 e. The van der Waals surface area contributed by atoms with Crippen molar-refractivity contribution in [3.05, 3.63) is 41.7 Å². The fourth-order valence-corrected chi connectivity index (χ4v) is 1.63. The summed E-state index contributed by atoms with van der Waals surface area (Å²) in [5.41, 5.74) is 9.40. The third-order valence-corrected chi connectivity index (χ3v) is 2.55. The average Bonchev–Trinajstić information content (AvgIpc) is 2.65. The van der Waals surface area contributed by atoms with Gasteiger partial charge in [-0.3, -0.25) is 4.98 Å². The quantitative estimate of drug-likeness (QED) is 0.780. The number of aromatic amines is 1. The van der Waals surface area contributed by atoms with E-state index in [1.54, 1.807) is 12.5 Å². The maximum absolute atomic E-state index is 5.59. The summed E-state index contributed by atoms with van der Waals surface area (Å²) in [6.07, 6.45) is 3.38. The number of aromatic nitrogens is 3. The largest absolute Gasteiger partial charge is 0.397 e. The van der Waals surface area contributed by atoms with Crippen molar-refractivity contribution in [2.45, 2.75) is 19.8 Å². The Kier molecular flexibility index (Phi) is 2.41. The minimum atomic E-state index is 0.216. The maximum atomic E-state index is 5.59. The number of imidazole rings is 1. The molecule has 0 aliphatic rings. The van der Waals surface area contributed by atoms with Crippen LogP contribution in [0.1, 0.15) is 29.9 Å². The first-order valence-corrected chi connectivity index (χ1v) is 4.90. The van der Waals surface area contributed by atoms with E-state index in [9.17, 15) is 0 Å². The lowest BCUT2D eigenvalue weighted by atomic mass is 10.0. The number of hydrogen-bond donors (Lipinski definition) is 2. The van der Waals surface area contributed by atoms with Crippen LogP contribution in [0.25, 0.3) is 0 Å². The number of hydrogen-bond acceptors (Lipinski definition) is 3. The number of rotatable bonds is 2. The molecule has 0 saturated carbocycles. The van der Waals surface area contributed by atoms with Crippen LogP contribution in [0.15, 0.2) is 24.7 Å². The van der Waals surface area contributed by atoms with E-state index in [-0.39, 0.29) is 5.92 Å². The van der Waals surface area contributed by atoms with Crippen LogP contribution < -0.4 is 5.73 Å². The van der Waals surface area contributed by atoms with Gasteiger partial charge in [-0.25, -0.2) is 4.98 Å². The standard InChI is InChI=1S/C11H14N4/c1-7(11-8(2)14-6-15-11)10-4-3-9(12)5-13-10/h3-7H,12H2,1-2H3,(H,14,15)/t7-/m0/s1. The second-order valence-corrected chi connectivity index (χ2v) is 3.64. The molecule has 3 N–H and O–H groups in total. The molecule has 2 aromatic rings. The summed E-state index contributed by atoms with van der Waals surface area (Å²) in [5.74, 6) is 0.216. The number of aryl methyl sites for hydroxylation is 1. The van der Waals surface area contributed by atoms with Crippen LogP contribution >= 0.6 is 0 Å². The summed E-state index contributed by atoms with van der Waals surface area (Å²) >= 11 is 0. The van der Waals surface area contributed by atoms with Crippen LogP contribution in [0.3, 0.4) is 0 Å². The van der Waals surface area contributed by atoms with E-state index in [1.165, 1.54) is 0 Å². The molecule has 4 heteroatoms. The Balaban J connectivity index is 2.32. The van der Waals surface area contributed by atoms with Crippen LogP contribution in [-0.4, -0.2) is 15.0 Å². The van der Waals surface area contributed by atoms with Crippen LogP contribution in [-0.2, 0) is 0 Å².